The summed E-state index contributed by atoms with van der Waals surface area (Å²) < 4.78 is 42.3. The van der Waals surface area contributed by atoms with Crippen molar-refractivity contribution in [2.75, 3.05) is 13.7 Å². The Bertz CT molecular complexity index is 796. The van der Waals surface area contributed by atoms with E-state index >= 15 is 0 Å². The summed E-state index contributed by atoms with van der Waals surface area (Å²) in [5, 5.41) is 3.40. The molecule has 0 radical (unpaired) electrons. The van der Waals surface area contributed by atoms with Crippen LogP contribution in [0.3, 0.4) is 0 Å². The Labute approximate surface area is 183 Å². The van der Waals surface area contributed by atoms with E-state index in [4.69, 9.17) is 48.5 Å². The predicted molar refractivity (Wildman–Crippen MR) is 105 cm³/mol. The van der Waals surface area contributed by atoms with Gasteiger partial charge in [0.15, 0.2) is 23.4 Å². The largest absolute Gasteiger partial charge is 0.463 e. The summed E-state index contributed by atoms with van der Waals surface area (Å²) in [6, 6.07) is 2.45. The number of hydrogen-bond acceptors (Lipinski definition) is 8. The lowest BCUT2D eigenvalue weighted by atomic mass is 10.1. The molecule has 29 heavy (non-hydrogen) atoms. The highest BCUT2D eigenvalue weighted by Gasteiger charge is 2.36. The van der Waals surface area contributed by atoms with E-state index in [2.05, 4.69) is 9.99 Å². The van der Waals surface area contributed by atoms with Crippen LogP contribution in [0.25, 0.3) is 0 Å². The number of hydrogen-bond donors (Lipinski definition) is 0. The number of nitrogens with zero attached hydrogens (tertiary/aromatic N) is 1. The van der Waals surface area contributed by atoms with Gasteiger partial charge in [0.2, 0.25) is 0 Å². The summed E-state index contributed by atoms with van der Waals surface area (Å²) in [6.45, 7) is 1.55. The Morgan fingerprint density at radius 2 is 1.79 bits per heavy atom. The SMILES string of the molecule is CON=C[C@H](F)[C@H](OC(C)=O)[C@H](COC(C)=O)OS(=O)c1cc(Cl)c(Cl)cc1Cl. The maximum Gasteiger partial charge on any atom is 0.303 e. The zero-order valence-electron chi connectivity index (χ0n) is 15.4. The average Bonchev–Trinajstić information content (AvgIpc) is 2.63. The van der Waals surface area contributed by atoms with Gasteiger partial charge in [0.25, 0.3) is 0 Å². The van der Waals surface area contributed by atoms with Gasteiger partial charge < -0.3 is 14.3 Å². The zero-order chi connectivity index (χ0) is 22.1. The van der Waals surface area contributed by atoms with Crippen LogP contribution in [-0.2, 0) is 39.2 Å². The lowest BCUT2D eigenvalue weighted by molar-refractivity contribution is -0.159. The molecular weight excluding hydrogens is 476 g/mol. The van der Waals surface area contributed by atoms with Gasteiger partial charge in [0, 0.05) is 13.8 Å². The van der Waals surface area contributed by atoms with Crippen LogP contribution in [0, 0.1) is 0 Å². The van der Waals surface area contributed by atoms with Crippen LogP contribution in [0.1, 0.15) is 13.8 Å². The Morgan fingerprint density at radius 1 is 1.17 bits per heavy atom. The average molecular weight is 493 g/mol. The van der Waals surface area contributed by atoms with Crippen LogP contribution in [0.2, 0.25) is 15.1 Å². The third-order valence-corrected chi connectivity index (χ3v) is 5.37. The number of halogens is 4. The number of carbonyl (C=O) groups excluding carboxylic acids is 2. The van der Waals surface area contributed by atoms with Crippen LogP contribution >= 0.6 is 34.8 Å². The van der Waals surface area contributed by atoms with Crippen LogP contribution in [0.15, 0.2) is 22.2 Å². The van der Waals surface area contributed by atoms with Gasteiger partial charge in [0.05, 0.1) is 26.2 Å². The van der Waals surface area contributed by atoms with E-state index in [0.717, 1.165) is 13.8 Å². The number of carbonyl (C=O) groups is 2. The van der Waals surface area contributed by atoms with Crippen LogP contribution in [0.4, 0.5) is 4.39 Å². The number of alkyl halides is 1. The highest BCUT2D eigenvalue weighted by Crippen LogP contribution is 2.32. The Morgan fingerprint density at radius 3 is 2.34 bits per heavy atom. The van der Waals surface area contributed by atoms with Gasteiger partial charge in [-0.1, -0.05) is 40.0 Å². The van der Waals surface area contributed by atoms with E-state index < -0.39 is 48.0 Å². The number of esters is 2. The molecule has 0 spiro atoms. The summed E-state index contributed by atoms with van der Waals surface area (Å²) in [7, 11) is 1.18. The first kappa shape index (κ1) is 25.6. The molecule has 0 aromatic heterocycles. The molecule has 0 aliphatic heterocycles. The molecule has 4 atom stereocenters. The molecule has 0 N–H and O–H groups in total. The number of oxime groups is 1. The van der Waals surface area contributed by atoms with Crippen molar-refractivity contribution < 1.29 is 36.7 Å². The van der Waals surface area contributed by atoms with E-state index in [0.29, 0.717) is 6.21 Å². The molecule has 0 saturated carbocycles. The monoisotopic (exact) mass is 491 g/mol. The van der Waals surface area contributed by atoms with Gasteiger partial charge in [0.1, 0.15) is 19.8 Å². The van der Waals surface area contributed by atoms with Crippen molar-refractivity contribution >= 4 is 64.0 Å². The first-order chi connectivity index (χ1) is 13.6. The van der Waals surface area contributed by atoms with E-state index in [9.17, 15) is 18.2 Å². The van der Waals surface area contributed by atoms with Crippen molar-refractivity contribution in [1.29, 1.82) is 0 Å². The van der Waals surface area contributed by atoms with Gasteiger partial charge in [-0.15, -0.1) is 0 Å². The minimum absolute atomic E-state index is 0.0363. The summed E-state index contributed by atoms with van der Waals surface area (Å²) in [5.41, 5.74) is 0. The molecule has 0 heterocycles. The highest BCUT2D eigenvalue weighted by atomic mass is 35.5. The zero-order valence-corrected chi connectivity index (χ0v) is 18.5. The fraction of sp³-hybridized carbons (Fsp3) is 0.438. The number of ether oxygens (including phenoxy) is 2. The second-order valence-electron chi connectivity index (χ2n) is 5.32. The summed E-state index contributed by atoms with van der Waals surface area (Å²) >= 11 is 15.4. The van der Waals surface area contributed by atoms with E-state index in [1.54, 1.807) is 0 Å². The topological polar surface area (TPSA) is 100 Å². The minimum Gasteiger partial charge on any atom is -0.463 e. The normalized spacial score (nSPS) is 15.4. The highest BCUT2D eigenvalue weighted by molar-refractivity contribution is 7.80. The molecule has 0 bridgehead atoms. The van der Waals surface area contributed by atoms with Crippen molar-refractivity contribution in [3.63, 3.8) is 0 Å². The van der Waals surface area contributed by atoms with Crippen molar-refractivity contribution in [3.05, 3.63) is 27.2 Å². The van der Waals surface area contributed by atoms with Crippen LogP contribution < -0.4 is 0 Å². The van der Waals surface area contributed by atoms with Crippen molar-refractivity contribution in [2.45, 2.75) is 37.1 Å². The summed E-state index contributed by atoms with van der Waals surface area (Å²) in [5.74, 6) is -1.59. The van der Waals surface area contributed by atoms with Crippen molar-refractivity contribution in [3.8, 4) is 0 Å². The van der Waals surface area contributed by atoms with Crippen molar-refractivity contribution in [1.82, 2.24) is 0 Å². The first-order valence-corrected chi connectivity index (χ1v) is 10.0. The molecule has 0 fully saturated rings. The van der Waals surface area contributed by atoms with E-state index in [-0.39, 0.29) is 20.0 Å². The second kappa shape index (κ2) is 12.3. The molecule has 0 saturated heterocycles. The summed E-state index contributed by atoms with van der Waals surface area (Å²) in [4.78, 5) is 26.9. The van der Waals surface area contributed by atoms with Gasteiger partial charge in [-0.2, -0.15) is 0 Å². The van der Waals surface area contributed by atoms with Gasteiger partial charge in [-0.05, 0) is 12.1 Å². The smallest absolute Gasteiger partial charge is 0.303 e. The fourth-order valence-electron chi connectivity index (χ4n) is 1.91. The lowest BCUT2D eigenvalue weighted by Crippen LogP contribution is -2.44. The lowest BCUT2D eigenvalue weighted by Gasteiger charge is -2.26. The molecule has 162 valence electrons. The Hall–Kier alpha value is -1.46. The molecular formula is C16H17Cl3FNO7S. The summed E-state index contributed by atoms with van der Waals surface area (Å²) in [6.07, 6.45) is -4.50. The minimum atomic E-state index is -2.32. The molecule has 13 heteroatoms. The quantitative estimate of drug-likeness (QED) is 0.213. The third-order valence-electron chi connectivity index (χ3n) is 3.11. The predicted octanol–water partition coefficient (Wildman–Crippen LogP) is 3.52. The molecule has 8 nitrogen and oxygen atoms in total. The maximum atomic E-state index is 14.5. The molecule has 1 rings (SSSR count). The first-order valence-electron chi connectivity index (χ1n) is 7.81. The number of benzene rings is 1. The molecule has 0 aliphatic rings. The number of rotatable bonds is 10. The molecule has 1 aromatic carbocycles. The fourth-order valence-corrected chi connectivity index (χ4v) is 3.64. The molecule has 0 amide bonds. The van der Waals surface area contributed by atoms with E-state index in [1.807, 2.05) is 0 Å². The van der Waals surface area contributed by atoms with E-state index in [1.165, 1.54) is 19.2 Å². The van der Waals surface area contributed by atoms with Crippen molar-refractivity contribution in [2.24, 2.45) is 5.16 Å². The van der Waals surface area contributed by atoms with Crippen LogP contribution in [-0.4, -0.2) is 54.5 Å². The van der Waals surface area contributed by atoms with Gasteiger partial charge in [-0.25, -0.2) is 8.60 Å². The third kappa shape index (κ3) is 8.43. The molecule has 1 unspecified atom stereocenters. The van der Waals surface area contributed by atoms with Crippen LogP contribution in [0.5, 0.6) is 0 Å². The Balaban J connectivity index is 3.21. The second-order valence-corrected chi connectivity index (χ2v) is 7.65. The van der Waals surface area contributed by atoms with Gasteiger partial charge >= 0.3 is 11.9 Å². The van der Waals surface area contributed by atoms with Gasteiger partial charge in [-0.3, -0.25) is 13.8 Å². The Kier molecular flexibility index (Phi) is 10.8. The standard InChI is InChI=1S/C16H17Cl3FNO7S/c1-8(22)26-7-14(16(27-9(2)23)13(20)6-21-25-3)28-29(24)15-5-11(18)10(17)4-12(15)19/h4-6,13-14,16H,7H2,1-3H3/t13-,14-,16-,29?/m0/s1. The molecule has 0 aliphatic carbocycles. The maximum absolute atomic E-state index is 14.5. The molecule has 1 aromatic rings.